The lowest BCUT2D eigenvalue weighted by molar-refractivity contribution is 0.300. The smallest absolute Gasteiger partial charge is 0.121 e. The third kappa shape index (κ3) is 3.40. The molecule has 0 unspecified atom stereocenters. The zero-order chi connectivity index (χ0) is 16.2. The van der Waals surface area contributed by atoms with Gasteiger partial charge in [-0.1, -0.05) is 49.2 Å². The lowest BCUT2D eigenvalue weighted by atomic mass is 10.2. The summed E-state index contributed by atoms with van der Waals surface area (Å²) in [6.45, 7) is 1.56. The normalized spacial score (nSPS) is 17.7. The zero-order valence-electron chi connectivity index (χ0n) is 14.0. The first-order valence-corrected chi connectivity index (χ1v) is 8.86. The van der Waals surface area contributed by atoms with E-state index in [1.807, 2.05) is 24.3 Å². The fourth-order valence-corrected chi connectivity index (χ4v) is 3.57. The van der Waals surface area contributed by atoms with Crippen LogP contribution in [0.15, 0.2) is 67.0 Å². The quantitative estimate of drug-likeness (QED) is 0.790. The molecule has 4 rings (SSSR count). The first-order valence-electron chi connectivity index (χ1n) is 8.86. The van der Waals surface area contributed by atoms with E-state index in [-0.39, 0.29) is 0 Å². The Balaban J connectivity index is 1.39. The summed E-state index contributed by atoms with van der Waals surface area (Å²) in [6, 6.07) is 19.4. The molecule has 0 saturated heterocycles. The molecular weight excluding hydrogens is 296 g/mol. The van der Waals surface area contributed by atoms with Crippen LogP contribution in [-0.2, 0) is 6.61 Å². The van der Waals surface area contributed by atoms with Crippen molar-refractivity contribution >= 4 is 5.69 Å². The molecule has 0 bridgehead atoms. The number of benzene rings is 2. The Bertz CT molecular complexity index is 692. The second-order valence-corrected chi connectivity index (χ2v) is 6.63. The van der Waals surface area contributed by atoms with Crippen molar-refractivity contribution in [2.24, 2.45) is 0 Å². The van der Waals surface area contributed by atoms with Gasteiger partial charge < -0.3 is 14.5 Å². The molecule has 24 heavy (non-hydrogen) atoms. The molecule has 0 N–H and O–H groups in total. The third-order valence-corrected chi connectivity index (χ3v) is 4.95. The SMILES string of the molecule is C1=CN(C2CCCC2)CN1c1cccc(OCc2ccccc2)c1. The Kier molecular flexibility index (Phi) is 4.41. The van der Waals surface area contributed by atoms with Crippen molar-refractivity contribution in [1.82, 2.24) is 4.90 Å². The molecule has 2 aromatic carbocycles. The molecule has 2 aliphatic rings. The van der Waals surface area contributed by atoms with E-state index in [0.717, 1.165) is 18.5 Å². The standard InChI is InChI=1S/C21H24N2O/c1-2-7-18(8-3-1)16-24-21-12-6-11-20(15-21)23-14-13-22(17-23)19-9-4-5-10-19/h1-3,6-8,11-15,19H,4-5,9-10,16-17H2. The number of ether oxygens (including phenoxy) is 1. The Labute approximate surface area is 144 Å². The van der Waals surface area contributed by atoms with Crippen molar-refractivity contribution in [1.29, 1.82) is 0 Å². The molecule has 0 aromatic heterocycles. The van der Waals surface area contributed by atoms with Gasteiger partial charge in [-0.05, 0) is 30.5 Å². The van der Waals surface area contributed by atoms with Gasteiger partial charge in [-0.15, -0.1) is 0 Å². The van der Waals surface area contributed by atoms with Crippen LogP contribution in [0.3, 0.4) is 0 Å². The van der Waals surface area contributed by atoms with Crippen LogP contribution < -0.4 is 9.64 Å². The van der Waals surface area contributed by atoms with Gasteiger partial charge in [0.15, 0.2) is 0 Å². The van der Waals surface area contributed by atoms with Crippen molar-refractivity contribution in [3.63, 3.8) is 0 Å². The van der Waals surface area contributed by atoms with Crippen LogP contribution in [0, 0.1) is 0 Å². The van der Waals surface area contributed by atoms with Gasteiger partial charge in [0.05, 0.1) is 6.67 Å². The molecule has 0 spiro atoms. The maximum atomic E-state index is 5.95. The van der Waals surface area contributed by atoms with Crippen LogP contribution in [0.1, 0.15) is 31.2 Å². The highest BCUT2D eigenvalue weighted by Gasteiger charge is 2.24. The Morgan fingerprint density at radius 1 is 0.917 bits per heavy atom. The van der Waals surface area contributed by atoms with Gasteiger partial charge in [0, 0.05) is 30.2 Å². The molecule has 1 heterocycles. The summed E-state index contributed by atoms with van der Waals surface area (Å²) in [4.78, 5) is 4.78. The van der Waals surface area contributed by atoms with Gasteiger partial charge in [0.2, 0.25) is 0 Å². The van der Waals surface area contributed by atoms with Crippen molar-refractivity contribution in [2.75, 3.05) is 11.6 Å². The van der Waals surface area contributed by atoms with Gasteiger partial charge in [-0.25, -0.2) is 0 Å². The molecule has 1 fully saturated rings. The first kappa shape index (κ1) is 15.1. The molecule has 0 amide bonds. The predicted octanol–water partition coefficient (Wildman–Crippen LogP) is 4.76. The average Bonchev–Trinajstić information content (AvgIpc) is 3.32. The number of hydrogen-bond acceptors (Lipinski definition) is 3. The molecular formula is C21H24N2O. The highest BCUT2D eigenvalue weighted by Crippen LogP contribution is 2.29. The maximum absolute atomic E-state index is 5.95. The minimum atomic E-state index is 0.605. The second-order valence-electron chi connectivity index (χ2n) is 6.63. The van der Waals surface area contributed by atoms with Gasteiger partial charge in [-0.2, -0.15) is 0 Å². The largest absolute Gasteiger partial charge is 0.489 e. The van der Waals surface area contributed by atoms with Crippen LogP contribution in [0.5, 0.6) is 5.75 Å². The van der Waals surface area contributed by atoms with E-state index in [0.29, 0.717) is 6.61 Å². The average molecular weight is 320 g/mol. The summed E-state index contributed by atoms with van der Waals surface area (Å²) >= 11 is 0. The van der Waals surface area contributed by atoms with E-state index in [1.54, 1.807) is 0 Å². The molecule has 124 valence electrons. The van der Waals surface area contributed by atoms with E-state index in [2.05, 4.69) is 52.5 Å². The Hall–Kier alpha value is -2.42. The summed E-state index contributed by atoms with van der Waals surface area (Å²) in [5.74, 6) is 0.920. The van der Waals surface area contributed by atoms with Crippen LogP contribution >= 0.6 is 0 Å². The van der Waals surface area contributed by atoms with Crippen LogP contribution in [-0.4, -0.2) is 17.6 Å². The number of hydrogen-bond donors (Lipinski definition) is 0. The van der Waals surface area contributed by atoms with E-state index < -0.39 is 0 Å². The second kappa shape index (κ2) is 7.00. The van der Waals surface area contributed by atoms with Gasteiger partial charge >= 0.3 is 0 Å². The minimum absolute atomic E-state index is 0.605. The minimum Gasteiger partial charge on any atom is -0.489 e. The third-order valence-electron chi connectivity index (χ3n) is 4.95. The first-order chi connectivity index (χ1) is 11.9. The summed E-state index contributed by atoms with van der Waals surface area (Å²) < 4.78 is 5.95. The molecule has 1 aliphatic heterocycles. The van der Waals surface area contributed by atoms with Gasteiger partial charge in [-0.3, -0.25) is 0 Å². The predicted molar refractivity (Wildman–Crippen MR) is 97.8 cm³/mol. The van der Waals surface area contributed by atoms with E-state index in [1.165, 1.54) is 36.9 Å². The zero-order valence-corrected chi connectivity index (χ0v) is 14.0. The van der Waals surface area contributed by atoms with Crippen molar-refractivity contribution < 1.29 is 4.74 Å². The molecule has 3 heteroatoms. The van der Waals surface area contributed by atoms with E-state index >= 15 is 0 Å². The molecule has 1 aliphatic carbocycles. The molecule has 1 saturated carbocycles. The lowest BCUT2D eigenvalue weighted by Gasteiger charge is -2.26. The summed E-state index contributed by atoms with van der Waals surface area (Å²) in [7, 11) is 0. The molecule has 2 aromatic rings. The molecule has 3 nitrogen and oxygen atoms in total. The highest BCUT2D eigenvalue weighted by atomic mass is 16.5. The van der Waals surface area contributed by atoms with Crippen LogP contribution in [0.25, 0.3) is 0 Å². The summed E-state index contributed by atoms with van der Waals surface area (Å²) in [5.41, 5.74) is 2.38. The van der Waals surface area contributed by atoms with Crippen molar-refractivity contribution in [3.05, 3.63) is 72.6 Å². The summed E-state index contributed by atoms with van der Waals surface area (Å²) in [6.07, 6.45) is 9.84. The molecule has 0 atom stereocenters. The number of rotatable bonds is 5. The Morgan fingerprint density at radius 2 is 1.75 bits per heavy atom. The lowest BCUT2D eigenvalue weighted by Crippen LogP contribution is -2.32. The van der Waals surface area contributed by atoms with Crippen LogP contribution in [0.4, 0.5) is 5.69 Å². The topological polar surface area (TPSA) is 15.7 Å². The highest BCUT2D eigenvalue weighted by molar-refractivity contribution is 5.53. The number of anilines is 1. The van der Waals surface area contributed by atoms with Crippen LogP contribution in [0.2, 0.25) is 0 Å². The molecule has 0 radical (unpaired) electrons. The van der Waals surface area contributed by atoms with Crippen molar-refractivity contribution in [3.8, 4) is 5.75 Å². The maximum Gasteiger partial charge on any atom is 0.121 e. The van der Waals surface area contributed by atoms with E-state index in [4.69, 9.17) is 4.74 Å². The van der Waals surface area contributed by atoms with Gasteiger partial charge in [0.1, 0.15) is 12.4 Å². The Morgan fingerprint density at radius 3 is 2.58 bits per heavy atom. The van der Waals surface area contributed by atoms with Crippen molar-refractivity contribution in [2.45, 2.75) is 38.3 Å². The van der Waals surface area contributed by atoms with Gasteiger partial charge in [0.25, 0.3) is 0 Å². The number of nitrogens with zero attached hydrogens (tertiary/aromatic N) is 2. The van der Waals surface area contributed by atoms with E-state index in [9.17, 15) is 0 Å². The fourth-order valence-electron chi connectivity index (χ4n) is 3.57. The fraction of sp³-hybridized carbons (Fsp3) is 0.333. The summed E-state index contributed by atoms with van der Waals surface area (Å²) in [5, 5.41) is 0. The monoisotopic (exact) mass is 320 g/mol.